The summed E-state index contributed by atoms with van der Waals surface area (Å²) in [5.74, 6) is 0.403. The Morgan fingerprint density at radius 1 is 1.21 bits per heavy atom. The quantitative estimate of drug-likeness (QED) is 0.664. The Balaban J connectivity index is 2.07. The normalized spacial score (nSPS) is 10.4. The Hall–Kier alpha value is -1.94. The van der Waals surface area contributed by atoms with Crippen molar-refractivity contribution in [3.8, 4) is 0 Å². The second-order valence-electron chi connectivity index (χ2n) is 4.37. The molecule has 0 spiro atoms. The van der Waals surface area contributed by atoms with Gasteiger partial charge in [0.1, 0.15) is 0 Å². The van der Waals surface area contributed by atoms with Gasteiger partial charge in [-0.15, -0.1) is 11.8 Å². The van der Waals surface area contributed by atoms with Gasteiger partial charge in [-0.25, -0.2) is 0 Å². The summed E-state index contributed by atoms with van der Waals surface area (Å²) in [6.07, 6.45) is 0. The van der Waals surface area contributed by atoms with Crippen LogP contribution < -0.4 is 11.5 Å². The van der Waals surface area contributed by atoms with E-state index < -0.39 is 5.91 Å². The van der Waals surface area contributed by atoms with Crippen LogP contribution in [0.4, 0.5) is 5.69 Å². The lowest BCUT2D eigenvalue weighted by Crippen LogP contribution is -2.10. The van der Waals surface area contributed by atoms with E-state index in [1.54, 1.807) is 17.8 Å². The summed E-state index contributed by atoms with van der Waals surface area (Å²) < 4.78 is 0. The summed E-state index contributed by atoms with van der Waals surface area (Å²) in [7, 11) is 0. The molecule has 0 unspecified atom stereocenters. The summed E-state index contributed by atoms with van der Waals surface area (Å²) in [6, 6.07) is 13.4. The van der Waals surface area contributed by atoms with Crippen LogP contribution in [0, 0.1) is 6.92 Å². The number of primary amides is 1. The topological polar surface area (TPSA) is 69.1 Å². The Labute approximate surface area is 117 Å². The molecule has 0 radical (unpaired) electrons. The summed E-state index contributed by atoms with van der Waals surface area (Å²) in [5, 5.41) is 0. The van der Waals surface area contributed by atoms with E-state index >= 15 is 0 Å². The van der Waals surface area contributed by atoms with E-state index in [1.807, 2.05) is 37.3 Å². The molecular weight excluding hydrogens is 256 g/mol. The Morgan fingerprint density at radius 3 is 2.68 bits per heavy atom. The summed E-state index contributed by atoms with van der Waals surface area (Å²) in [4.78, 5) is 12.3. The second kappa shape index (κ2) is 5.80. The molecule has 0 bridgehead atoms. The van der Waals surface area contributed by atoms with Crippen molar-refractivity contribution < 1.29 is 4.79 Å². The van der Waals surface area contributed by atoms with E-state index in [1.165, 1.54) is 0 Å². The molecule has 3 nitrogen and oxygen atoms in total. The van der Waals surface area contributed by atoms with E-state index in [-0.39, 0.29) is 0 Å². The predicted molar refractivity (Wildman–Crippen MR) is 80.1 cm³/mol. The van der Waals surface area contributed by atoms with Crippen LogP contribution in [0.25, 0.3) is 0 Å². The molecule has 0 aliphatic carbocycles. The van der Waals surface area contributed by atoms with Crippen molar-refractivity contribution in [2.45, 2.75) is 17.6 Å². The average molecular weight is 272 g/mol. The molecule has 4 N–H and O–H groups in total. The maximum absolute atomic E-state index is 11.1. The summed E-state index contributed by atoms with van der Waals surface area (Å²) in [6.45, 7) is 1.99. The smallest absolute Gasteiger partial charge is 0.248 e. The van der Waals surface area contributed by atoms with Crippen molar-refractivity contribution in [3.63, 3.8) is 0 Å². The molecule has 0 atom stereocenters. The van der Waals surface area contributed by atoms with Crippen LogP contribution >= 0.6 is 11.8 Å². The number of carbonyl (C=O) groups is 1. The first-order valence-electron chi connectivity index (χ1n) is 5.94. The molecule has 2 aromatic carbocycles. The van der Waals surface area contributed by atoms with E-state index in [2.05, 4.69) is 6.07 Å². The lowest BCUT2D eigenvalue weighted by atomic mass is 10.1. The van der Waals surface area contributed by atoms with Crippen LogP contribution in [0.2, 0.25) is 0 Å². The molecule has 2 aromatic rings. The third-order valence-electron chi connectivity index (χ3n) is 2.86. The maximum atomic E-state index is 11.1. The van der Waals surface area contributed by atoms with Gasteiger partial charge in [0, 0.05) is 21.9 Å². The van der Waals surface area contributed by atoms with Crippen LogP contribution in [0.5, 0.6) is 0 Å². The highest BCUT2D eigenvalue weighted by Crippen LogP contribution is 2.25. The second-order valence-corrected chi connectivity index (χ2v) is 5.42. The van der Waals surface area contributed by atoms with Gasteiger partial charge >= 0.3 is 0 Å². The zero-order chi connectivity index (χ0) is 13.8. The highest BCUT2D eigenvalue weighted by atomic mass is 32.2. The van der Waals surface area contributed by atoms with Crippen molar-refractivity contribution >= 4 is 23.4 Å². The van der Waals surface area contributed by atoms with Gasteiger partial charge in [0.25, 0.3) is 0 Å². The van der Waals surface area contributed by atoms with E-state index in [9.17, 15) is 4.79 Å². The predicted octanol–water partition coefficient (Wildman–Crippen LogP) is 2.97. The first-order valence-corrected chi connectivity index (χ1v) is 6.92. The summed E-state index contributed by atoms with van der Waals surface area (Å²) >= 11 is 1.71. The Morgan fingerprint density at radius 2 is 2.00 bits per heavy atom. The van der Waals surface area contributed by atoms with Crippen LogP contribution in [0.1, 0.15) is 21.5 Å². The molecule has 0 heterocycles. The number of nitrogens with two attached hydrogens (primary N) is 2. The number of amides is 1. The minimum Gasteiger partial charge on any atom is -0.399 e. The molecule has 2 rings (SSSR count). The van der Waals surface area contributed by atoms with E-state index in [0.717, 1.165) is 27.5 Å². The van der Waals surface area contributed by atoms with E-state index in [4.69, 9.17) is 11.5 Å². The fourth-order valence-corrected chi connectivity index (χ4v) is 2.66. The molecule has 0 aliphatic heterocycles. The van der Waals surface area contributed by atoms with Gasteiger partial charge in [-0.1, -0.05) is 12.1 Å². The van der Waals surface area contributed by atoms with E-state index in [0.29, 0.717) is 5.56 Å². The highest BCUT2D eigenvalue weighted by Gasteiger charge is 2.03. The molecule has 4 heteroatoms. The minimum atomic E-state index is -0.393. The van der Waals surface area contributed by atoms with Crippen LogP contribution in [0.15, 0.2) is 47.4 Å². The lowest BCUT2D eigenvalue weighted by molar-refractivity contribution is 0.1000. The molecule has 19 heavy (non-hydrogen) atoms. The number of anilines is 1. The van der Waals surface area contributed by atoms with Crippen LogP contribution in [-0.2, 0) is 5.75 Å². The van der Waals surface area contributed by atoms with Gasteiger partial charge in [0.05, 0.1) is 0 Å². The van der Waals surface area contributed by atoms with Gasteiger partial charge in [-0.3, -0.25) is 4.79 Å². The van der Waals surface area contributed by atoms with Crippen molar-refractivity contribution in [2.75, 3.05) is 5.73 Å². The largest absolute Gasteiger partial charge is 0.399 e. The van der Waals surface area contributed by atoms with Crippen LogP contribution in [-0.4, -0.2) is 5.91 Å². The monoisotopic (exact) mass is 272 g/mol. The van der Waals surface area contributed by atoms with Crippen molar-refractivity contribution in [1.82, 2.24) is 0 Å². The molecule has 0 fully saturated rings. The average Bonchev–Trinajstić information content (AvgIpc) is 2.40. The van der Waals surface area contributed by atoms with Crippen molar-refractivity contribution in [2.24, 2.45) is 5.73 Å². The first-order chi connectivity index (χ1) is 9.06. The third-order valence-corrected chi connectivity index (χ3v) is 3.92. The molecule has 0 saturated heterocycles. The fourth-order valence-electron chi connectivity index (χ4n) is 1.72. The number of nitrogen functional groups attached to an aromatic ring is 1. The third kappa shape index (κ3) is 3.51. The summed E-state index contributed by atoms with van der Waals surface area (Å²) in [5.41, 5.74) is 14.6. The number of benzene rings is 2. The highest BCUT2D eigenvalue weighted by molar-refractivity contribution is 7.98. The SMILES string of the molecule is Cc1cc(SCc2cccc(C(N)=O)c2)ccc1N. The van der Waals surface area contributed by atoms with Crippen molar-refractivity contribution in [3.05, 3.63) is 59.2 Å². The number of thioether (sulfide) groups is 1. The van der Waals surface area contributed by atoms with Gasteiger partial charge in [-0.2, -0.15) is 0 Å². The Kier molecular flexibility index (Phi) is 4.12. The standard InChI is InChI=1S/C15H16N2OS/c1-10-7-13(5-6-14(10)16)19-9-11-3-2-4-12(8-11)15(17)18/h2-8H,9,16H2,1H3,(H2,17,18). The first kappa shape index (κ1) is 13.5. The number of hydrogen-bond donors (Lipinski definition) is 2. The molecule has 0 saturated carbocycles. The zero-order valence-electron chi connectivity index (χ0n) is 10.7. The number of aryl methyl sites for hydroxylation is 1. The van der Waals surface area contributed by atoms with Crippen LogP contribution in [0.3, 0.4) is 0 Å². The van der Waals surface area contributed by atoms with Gasteiger partial charge in [-0.05, 0) is 48.4 Å². The van der Waals surface area contributed by atoms with Gasteiger partial charge in [0.2, 0.25) is 5.91 Å². The molecule has 98 valence electrons. The zero-order valence-corrected chi connectivity index (χ0v) is 11.5. The molecule has 1 amide bonds. The van der Waals surface area contributed by atoms with Gasteiger partial charge < -0.3 is 11.5 Å². The molecule has 0 aliphatic rings. The lowest BCUT2D eigenvalue weighted by Gasteiger charge is -2.06. The Bertz CT molecular complexity index is 611. The number of hydrogen-bond acceptors (Lipinski definition) is 3. The molecule has 0 aromatic heterocycles. The number of carbonyl (C=O) groups excluding carboxylic acids is 1. The fraction of sp³-hybridized carbons (Fsp3) is 0.133. The van der Waals surface area contributed by atoms with Crippen molar-refractivity contribution in [1.29, 1.82) is 0 Å². The van der Waals surface area contributed by atoms with Gasteiger partial charge in [0.15, 0.2) is 0 Å². The number of rotatable bonds is 4. The minimum absolute atomic E-state index is 0.393. The molecular formula is C15H16N2OS. The maximum Gasteiger partial charge on any atom is 0.248 e.